The quantitative estimate of drug-likeness (QED) is 0.350. The van der Waals surface area contributed by atoms with Gasteiger partial charge in [-0.25, -0.2) is 4.98 Å². The number of halogens is 1. The molecule has 0 fully saturated rings. The highest BCUT2D eigenvalue weighted by Crippen LogP contribution is 2.23. The monoisotopic (exact) mass is 374 g/mol. The maximum Gasteiger partial charge on any atom is 0.262 e. The molecule has 3 aromatic rings. The van der Waals surface area contributed by atoms with Crippen LogP contribution in [0, 0.1) is 0 Å². The number of hydrogen-bond acceptors (Lipinski definition) is 4. The molecule has 0 saturated carbocycles. The van der Waals surface area contributed by atoms with Crippen LogP contribution in [0.5, 0.6) is 0 Å². The molecule has 0 spiro atoms. The van der Waals surface area contributed by atoms with Crippen LogP contribution >= 0.6 is 23.4 Å². The van der Waals surface area contributed by atoms with Crippen LogP contribution in [0.1, 0.15) is 12.0 Å². The maximum absolute atomic E-state index is 12.9. The van der Waals surface area contributed by atoms with Crippen molar-refractivity contribution in [2.24, 2.45) is 0 Å². The van der Waals surface area contributed by atoms with Crippen molar-refractivity contribution < 1.29 is 4.74 Å². The third-order valence-electron chi connectivity index (χ3n) is 3.84. The molecule has 0 aliphatic carbocycles. The first-order chi connectivity index (χ1) is 12.2. The molecule has 1 aromatic heterocycles. The average molecular weight is 375 g/mol. The van der Waals surface area contributed by atoms with Gasteiger partial charge in [-0.2, -0.15) is 0 Å². The fourth-order valence-electron chi connectivity index (χ4n) is 2.55. The summed E-state index contributed by atoms with van der Waals surface area (Å²) in [7, 11) is 1.66. The lowest BCUT2D eigenvalue weighted by atomic mass is 10.2. The molecule has 1 heterocycles. The van der Waals surface area contributed by atoms with Crippen molar-refractivity contribution in [1.29, 1.82) is 0 Å². The van der Waals surface area contributed by atoms with E-state index in [1.165, 1.54) is 0 Å². The predicted molar refractivity (Wildman–Crippen MR) is 104 cm³/mol. The number of benzene rings is 2. The van der Waals surface area contributed by atoms with E-state index in [9.17, 15) is 4.79 Å². The lowest BCUT2D eigenvalue weighted by Gasteiger charge is -2.13. The third kappa shape index (κ3) is 4.42. The molecular formula is C19H19ClN2O2S. The number of aromatic nitrogens is 2. The van der Waals surface area contributed by atoms with Gasteiger partial charge in [0.2, 0.25) is 0 Å². The van der Waals surface area contributed by atoms with E-state index >= 15 is 0 Å². The highest BCUT2D eigenvalue weighted by Gasteiger charge is 2.11. The summed E-state index contributed by atoms with van der Waals surface area (Å²) in [6, 6.07) is 15.2. The fraction of sp³-hybridized carbons (Fsp3) is 0.263. The molecule has 2 aromatic carbocycles. The lowest BCUT2D eigenvalue weighted by Crippen LogP contribution is -2.24. The zero-order valence-electron chi connectivity index (χ0n) is 13.9. The molecule has 0 N–H and O–H groups in total. The van der Waals surface area contributed by atoms with E-state index in [0.29, 0.717) is 23.6 Å². The van der Waals surface area contributed by atoms with Gasteiger partial charge in [-0.1, -0.05) is 47.6 Å². The van der Waals surface area contributed by atoms with Crippen LogP contribution in [0.4, 0.5) is 0 Å². The van der Waals surface area contributed by atoms with Crippen LogP contribution in [0.3, 0.4) is 0 Å². The number of nitrogens with zero attached hydrogens (tertiary/aromatic N) is 2. The molecular weight excluding hydrogens is 356 g/mol. The minimum absolute atomic E-state index is 0.000286. The Labute approximate surface area is 155 Å². The summed E-state index contributed by atoms with van der Waals surface area (Å²) in [5.74, 6) is 0.728. The van der Waals surface area contributed by atoms with E-state index in [1.807, 2.05) is 48.5 Å². The molecule has 0 saturated heterocycles. The van der Waals surface area contributed by atoms with Gasteiger partial charge >= 0.3 is 0 Å². The smallest absolute Gasteiger partial charge is 0.262 e. The van der Waals surface area contributed by atoms with Crippen molar-refractivity contribution in [3.8, 4) is 0 Å². The standard InChI is InChI=1S/C19H19ClN2O2S/c1-24-12-4-11-22-18(23)16-5-2-3-6-17(16)21-19(22)25-13-14-7-9-15(20)10-8-14/h2-3,5-10H,4,11-13H2,1H3. The molecule has 0 atom stereocenters. The first-order valence-electron chi connectivity index (χ1n) is 8.05. The number of ether oxygens (including phenoxy) is 1. The SMILES string of the molecule is COCCCn1c(SCc2ccc(Cl)cc2)nc2ccccc2c1=O. The van der Waals surface area contributed by atoms with Crippen LogP contribution < -0.4 is 5.56 Å². The first-order valence-corrected chi connectivity index (χ1v) is 9.41. The van der Waals surface area contributed by atoms with Gasteiger partial charge in [-0.15, -0.1) is 0 Å². The molecule has 0 aliphatic heterocycles. The summed E-state index contributed by atoms with van der Waals surface area (Å²) in [5, 5.41) is 2.10. The van der Waals surface area contributed by atoms with Crippen molar-refractivity contribution in [3.05, 3.63) is 69.5 Å². The van der Waals surface area contributed by atoms with E-state index in [4.69, 9.17) is 21.3 Å². The van der Waals surface area contributed by atoms with E-state index in [0.717, 1.165) is 28.4 Å². The molecule has 0 unspecified atom stereocenters. The lowest BCUT2D eigenvalue weighted by molar-refractivity contribution is 0.189. The van der Waals surface area contributed by atoms with Crippen LogP contribution in [0.2, 0.25) is 5.02 Å². The minimum atomic E-state index is 0.000286. The molecule has 25 heavy (non-hydrogen) atoms. The predicted octanol–water partition coefficient (Wildman–Crippen LogP) is 4.38. The van der Waals surface area contributed by atoms with E-state index in [2.05, 4.69) is 0 Å². The van der Waals surface area contributed by atoms with Crippen molar-refractivity contribution in [2.75, 3.05) is 13.7 Å². The Balaban J connectivity index is 1.91. The van der Waals surface area contributed by atoms with Gasteiger partial charge in [0, 0.05) is 31.0 Å². The summed E-state index contributed by atoms with van der Waals surface area (Å²) in [6.45, 7) is 1.20. The van der Waals surface area contributed by atoms with Crippen molar-refractivity contribution in [2.45, 2.75) is 23.9 Å². The zero-order chi connectivity index (χ0) is 17.6. The van der Waals surface area contributed by atoms with Gasteiger partial charge in [-0.05, 0) is 36.2 Å². The van der Waals surface area contributed by atoms with Gasteiger partial charge in [0.1, 0.15) is 0 Å². The van der Waals surface area contributed by atoms with Crippen LogP contribution in [0.25, 0.3) is 10.9 Å². The van der Waals surface area contributed by atoms with Crippen molar-refractivity contribution in [1.82, 2.24) is 9.55 Å². The van der Waals surface area contributed by atoms with E-state index < -0.39 is 0 Å². The Morgan fingerprint density at radius 3 is 2.68 bits per heavy atom. The van der Waals surface area contributed by atoms with Gasteiger partial charge in [0.05, 0.1) is 10.9 Å². The number of para-hydroxylation sites is 1. The third-order valence-corrected chi connectivity index (χ3v) is 5.14. The molecule has 6 heteroatoms. The first kappa shape index (κ1) is 18.0. The molecule has 4 nitrogen and oxygen atoms in total. The Morgan fingerprint density at radius 2 is 1.92 bits per heavy atom. The van der Waals surface area contributed by atoms with E-state index in [-0.39, 0.29) is 5.56 Å². The largest absolute Gasteiger partial charge is 0.385 e. The number of hydrogen-bond donors (Lipinski definition) is 0. The van der Waals surface area contributed by atoms with Gasteiger partial charge in [-0.3, -0.25) is 9.36 Å². The van der Waals surface area contributed by atoms with Crippen LogP contribution in [-0.2, 0) is 17.0 Å². The highest BCUT2D eigenvalue weighted by molar-refractivity contribution is 7.98. The maximum atomic E-state index is 12.9. The summed E-state index contributed by atoms with van der Waals surface area (Å²) in [4.78, 5) is 17.6. The van der Waals surface area contributed by atoms with Crippen LogP contribution in [0.15, 0.2) is 58.5 Å². The Bertz CT molecular complexity index is 909. The second-order valence-corrected chi connectivity index (χ2v) is 7.01. The van der Waals surface area contributed by atoms with Crippen LogP contribution in [-0.4, -0.2) is 23.3 Å². The topological polar surface area (TPSA) is 44.1 Å². The van der Waals surface area contributed by atoms with Gasteiger partial charge in [0.15, 0.2) is 5.16 Å². The highest BCUT2D eigenvalue weighted by atomic mass is 35.5. The van der Waals surface area contributed by atoms with Gasteiger partial charge in [0.25, 0.3) is 5.56 Å². The molecule has 3 rings (SSSR count). The minimum Gasteiger partial charge on any atom is -0.385 e. The fourth-order valence-corrected chi connectivity index (χ4v) is 3.66. The number of fused-ring (bicyclic) bond motifs is 1. The number of methoxy groups -OCH3 is 1. The Morgan fingerprint density at radius 1 is 1.16 bits per heavy atom. The molecule has 130 valence electrons. The second-order valence-electron chi connectivity index (χ2n) is 5.63. The number of rotatable bonds is 7. The summed E-state index contributed by atoms with van der Waals surface area (Å²) in [5.41, 5.74) is 1.87. The Kier molecular flexibility index (Phi) is 6.13. The normalized spacial score (nSPS) is 11.1. The van der Waals surface area contributed by atoms with E-state index in [1.54, 1.807) is 23.4 Å². The average Bonchev–Trinajstić information content (AvgIpc) is 2.63. The Hall–Kier alpha value is -1.82. The van der Waals surface area contributed by atoms with Gasteiger partial charge < -0.3 is 4.74 Å². The molecule has 0 amide bonds. The zero-order valence-corrected chi connectivity index (χ0v) is 15.5. The molecule has 0 aliphatic rings. The summed E-state index contributed by atoms with van der Waals surface area (Å²) in [6.07, 6.45) is 0.769. The molecule has 0 bridgehead atoms. The summed E-state index contributed by atoms with van der Waals surface area (Å²) >= 11 is 7.50. The number of thioether (sulfide) groups is 1. The van der Waals surface area contributed by atoms with Crippen molar-refractivity contribution >= 4 is 34.3 Å². The second kappa shape index (κ2) is 8.52. The molecule has 0 radical (unpaired) electrons. The summed E-state index contributed by atoms with van der Waals surface area (Å²) < 4.78 is 6.87. The van der Waals surface area contributed by atoms with Crippen molar-refractivity contribution in [3.63, 3.8) is 0 Å².